The SMILES string of the molecule is CN1CCN(C(=O)C=CC2=C(C(=O)O)N3C(=O)C(=Cc4ccccn4)[C@H]3S(=O)(=O)C2)CC1. The minimum Gasteiger partial charge on any atom is -0.477 e. The maximum Gasteiger partial charge on any atom is 0.352 e. The number of hydrogen-bond donors (Lipinski definition) is 1. The zero-order chi connectivity index (χ0) is 23.0. The van der Waals surface area contributed by atoms with E-state index < -0.39 is 38.5 Å². The third-order valence-electron chi connectivity index (χ3n) is 5.64. The number of aliphatic carboxylic acids is 1. The summed E-state index contributed by atoms with van der Waals surface area (Å²) in [6, 6.07) is 4.99. The number of carboxylic acid groups (broad SMARTS) is 1. The zero-order valence-corrected chi connectivity index (χ0v) is 18.2. The number of nitrogens with zero attached hydrogens (tertiary/aromatic N) is 4. The van der Waals surface area contributed by atoms with Gasteiger partial charge in [-0.3, -0.25) is 19.5 Å². The van der Waals surface area contributed by atoms with Crippen molar-refractivity contribution < 1.29 is 27.9 Å². The fourth-order valence-electron chi connectivity index (χ4n) is 3.94. The number of rotatable bonds is 4. The number of allylic oxidation sites excluding steroid dienone is 1. The molecule has 0 radical (unpaired) electrons. The van der Waals surface area contributed by atoms with Gasteiger partial charge in [0.25, 0.3) is 5.91 Å². The molecule has 0 unspecified atom stereocenters. The van der Waals surface area contributed by atoms with Gasteiger partial charge in [0.2, 0.25) is 5.91 Å². The van der Waals surface area contributed by atoms with Gasteiger partial charge in [0.1, 0.15) is 5.70 Å². The van der Waals surface area contributed by atoms with Crippen molar-refractivity contribution in [2.24, 2.45) is 0 Å². The van der Waals surface area contributed by atoms with Gasteiger partial charge < -0.3 is 14.9 Å². The summed E-state index contributed by atoms with van der Waals surface area (Å²) in [4.78, 5) is 45.7. The molecule has 0 aliphatic carbocycles. The lowest BCUT2D eigenvalue weighted by Gasteiger charge is -2.45. The molecule has 168 valence electrons. The molecule has 0 bridgehead atoms. The second-order valence-electron chi connectivity index (χ2n) is 7.83. The smallest absolute Gasteiger partial charge is 0.352 e. The minimum absolute atomic E-state index is 0.0287. The largest absolute Gasteiger partial charge is 0.477 e. The molecule has 1 N–H and O–H groups in total. The molecule has 3 aliphatic rings. The van der Waals surface area contributed by atoms with Crippen molar-refractivity contribution >= 4 is 33.7 Å². The molecule has 0 spiro atoms. The van der Waals surface area contributed by atoms with Crippen LogP contribution in [0.5, 0.6) is 0 Å². The lowest BCUT2D eigenvalue weighted by molar-refractivity contribution is -0.141. The van der Waals surface area contributed by atoms with Gasteiger partial charge in [0.05, 0.1) is 17.0 Å². The molecule has 4 heterocycles. The Balaban J connectivity index is 1.64. The summed E-state index contributed by atoms with van der Waals surface area (Å²) >= 11 is 0. The number of β-lactam (4-membered cyclic amide) rings is 1. The number of carbonyl (C=O) groups is 3. The van der Waals surface area contributed by atoms with Crippen LogP contribution in [0.1, 0.15) is 5.69 Å². The van der Waals surface area contributed by atoms with Crippen LogP contribution in [0.3, 0.4) is 0 Å². The standard InChI is InChI=1S/C21H22N4O6S/c1-23-8-10-24(11-9-23)17(26)6-5-14-13-32(30,31)20-16(12-15-4-2-3-7-22-15)19(27)25(20)18(14)21(28)29/h2-7,12,20H,8-11,13H2,1H3,(H,28,29)/t20-/m1/s1. The van der Waals surface area contributed by atoms with Crippen LogP contribution in [0, 0.1) is 0 Å². The number of carbonyl (C=O) groups excluding carboxylic acids is 2. The molecule has 2 fully saturated rings. The molecule has 3 aliphatic heterocycles. The van der Waals surface area contributed by atoms with E-state index in [1.807, 2.05) is 7.05 Å². The van der Waals surface area contributed by atoms with E-state index >= 15 is 0 Å². The van der Waals surface area contributed by atoms with Crippen molar-refractivity contribution in [3.8, 4) is 0 Å². The van der Waals surface area contributed by atoms with Gasteiger partial charge in [-0.2, -0.15) is 0 Å². The number of aromatic nitrogens is 1. The molecule has 32 heavy (non-hydrogen) atoms. The first-order valence-electron chi connectivity index (χ1n) is 9.99. The highest BCUT2D eigenvalue weighted by molar-refractivity contribution is 7.92. The Morgan fingerprint density at radius 3 is 2.53 bits per heavy atom. The van der Waals surface area contributed by atoms with Crippen molar-refractivity contribution in [1.29, 1.82) is 0 Å². The lowest BCUT2D eigenvalue weighted by atomic mass is 10.0. The number of carboxylic acids is 1. The molecule has 0 saturated carbocycles. The first kappa shape index (κ1) is 21.9. The van der Waals surface area contributed by atoms with Crippen LogP contribution in [-0.2, 0) is 24.2 Å². The zero-order valence-electron chi connectivity index (χ0n) is 17.3. The maximum atomic E-state index is 12.9. The molecule has 11 heteroatoms. The lowest BCUT2D eigenvalue weighted by Crippen LogP contribution is -2.62. The molecule has 1 atom stereocenters. The van der Waals surface area contributed by atoms with Crippen LogP contribution in [0.4, 0.5) is 0 Å². The average Bonchev–Trinajstić information content (AvgIpc) is 2.76. The molecular formula is C21H22N4O6S. The number of hydrogen-bond acceptors (Lipinski definition) is 7. The topological polar surface area (TPSA) is 128 Å². The highest BCUT2D eigenvalue weighted by atomic mass is 32.2. The van der Waals surface area contributed by atoms with Gasteiger partial charge >= 0.3 is 5.97 Å². The summed E-state index contributed by atoms with van der Waals surface area (Å²) in [6.45, 7) is 2.48. The minimum atomic E-state index is -3.92. The first-order valence-corrected chi connectivity index (χ1v) is 11.7. The van der Waals surface area contributed by atoms with Gasteiger partial charge in [-0.05, 0) is 30.8 Å². The summed E-state index contributed by atoms with van der Waals surface area (Å²) < 4.78 is 25.9. The fourth-order valence-corrected chi connectivity index (χ4v) is 5.84. The van der Waals surface area contributed by atoms with Gasteiger partial charge in [-0.25, -0.2) is 13.2 Å². The second-order valence-corrected chi connectivity index (χ2v) is 9.89. The second kappa shape index (κ2) is 8.32. The van der Waals surface area contributed by atoms with Crippen LogP contribution in [0.25, 0.3) is 6.08 Å². The number of amides is 2. The van der Waals surface area contributed by atoms with E-state index in [0.29, 0.717) is 31.9 Å². The summed E-state index contributed by atoms with van der Waals surface area (Å²) in [5, 5.41) is 8.34. The Morgan fingerprint density at radius 2 is 1.91 bits per heavy atom. The molecule has 2 amide bonds. The molecule has 10 nitrogen and oxygen atoms in total. The van der Waals surface area contributed by atoms with Gasteiger partial charge in [0.15, 0.2) is 15.2 Å². The van der Waals surface area contributed by atoms with E-state index in [4.69, 9.17) is 0 Å². The summed E-state index contributed by atoms with van der Waals surface area (Å²) in [5.74, 6) is -3.06. The van der Waals surface area contributed by atoms with Crippen molar-refractivity contribution in [3.05, 3.63) is 59.1 Å². The Kier molecular flexibility index (Phi) is 5.70. The van der Waals surface area contributed by atoms with Crippen LogP contribution in [-0.4, -0.2) is 95.3 Å². The number of fused-ring (bicyclic) bond motifs is 1. The molecule has 2 saturated heterocycles. The van der Waals surface area contributed by atoms with Crippen LogP contribution < -0.4 is 0 Å². The fraction of sp³-hybridized carbons (Fsp3) is 0.333. The number of sulfone groups is 1. The van der Waals surface area contributed by atoms with E-state index in [1.54, 1.807) is 23.1 Å². The number of pyridine rings is 1. The molecular weight excluding hydrogens is 436 g/mol. The monoisotopic (exact) mass is 458 g/mol. The molecule has 4 rings (SSSR count). The first-order chi connectivity index (χ1) is 15.2. The Labute approximate surface area is 185 Å². The predicted octanol–water partition coefficient (Wildman–Crippen LogP) is -0.269. The van der Waals surface area contributed by atoms with E-state index in [1.165, 1.54) is 24.4 Å². The molecule has 1 aromatic heterocycles. The van der Waals surface area contributed by atoms with Crippen molar-refractivity contribution in [1.82, 2.24) is 19.7 Å². The van der Waals surface area contributed by atoms with E-state index in [9.17, 15) is 27.9 Å². The van der Waals surface area contributed by atoms with Gasteiger partial charge in [0, 0.05) is 38.5 Å². The van der Waals surface area contributed by atoms with Crippen molar-refractivity contribution in [2.75, 3.05) is 39.0 Å². The summed E-state index contributed by atoms with van der Waals surface area (Å²) in [7, 11) is -1.97. The Morgan fingerprint density at radius 1 is 1.19 bits per heavy atom. The summed E-state index contributed by atoms with van der Waals surface area (Å²) in [6.07, 6.45) is 5.24. The van der Waals surface area contributed by atoms with E-state index in [2.05, 4.69) is 9.88 Å². The van der Waals surface area contributed by atoms with Gasteiger partial charge in [-0.15, -0.1) is 0 Å². The third-order valence-corrected chi connectivity index (χ3v) is 7.50. The molecule has 1 aromatic rings. The maximum absolute atomic E-state index is 12.9. The summed E-state index contributed by atoms with van der Waals surface area (Å²) in [5.41, 5.74) is -0.147. The Bertz CT molecular complexity index is 1160. The third kappa shape index (κ3) is 3.96. The van der Waals surface area contributed by atoms with Crippen LogP contribution in [0.15, 0.2) is 53.4 Å². The predicted molar refractivity (Wildman–Crippen MR) is 115 cm³/mol. The van der Waals surface area contributed by atoms with Crippen molar-refractivity contribution in [2.45, 2.75) is 5.37 Å². The van der Waals surface area contributed by atoms with Crippen LogP contribution in [0.2, 0.25) is 0 Å². The van der Waals surface area contributed by atoms with Crippen LogP contribution >= 0.6 is 0 Å². The average molecular weight is 458 g/mol. The van der Waals surface area contributed by atoms with Gasteiger partial charge in [-0.1, -0.05) is 12.1 Å². The highest BCUT2D eigenvalue weighted by Gasteiger charge is 2.56. The normalized spacial score (nSPS) is 24.6. The van der Waals surface area contributed by atoms with E-state index in [0.717, 1.165) is 4.90 Å². The Hall–Kier alpha value is -3.31. The number of likely N-dealkylation sites (N-methyl/N-ethyl adjacent to an activating group) is 1. The quantitative estimate of drug-likeness (QED) is 0.482. The highest BCUT2D eigenvalue weighted by Crippen LogP contribution is 2.41. The van der Waals surface area contributed by atoms with E-state index in [-0.39, 0.29) is 17.1 Å². The molecule has 0 aromatic carbocycles. The van der Waals surface area contributed by atoms with Crippen molar-refractivity contribution in [3.63, 3.8) is 0 Å². The number of piperazine rings is 1.